The Balaban J connectivity index is 3.03. The maximum absolute atomic E-state index is 13.7. The van der Waals surface area contributed by atoms with Gasteiger partial charge in [0.05, 0.1) is 11.1 Å². The average molecular weight is 237 g/mol. The molecule has 0 bridgehead atoms. The van der Waals surface area contributed by atoms with Crippen molar-refractivity contribution in [3.8, 4) is 0 Å². The molecule has 0 saturated heterocycles. The lowest BCUT2D eigenvalue weighted by Gasteiger charge is -2.27. The number of carbonyl (C=O) groups is 1. The topological polar surface area (TPSA) is 29.1 Å². The van der Waals surface area contributed by atoms with Crippen molar-refractivity contribution in [1.29, 1.82) is 0 Å². The van der Waals surface area contributed by atoms with Crippen LogP contribution in [0.25, 0.3) is 0 Å². The van der Waals surface area contributed by atoms with Crippen LogP contribution in [0.15, 0.2) is 18.2 Å². The first kappa shape index (κ1) is 13.8. The van der Waals surface area contributed by atoms with Crippen LogP contribution in [0.2, 0.25) is 0 Å². The smallest absolute Gasteiger partial charge is 0.185 e. The molecule has 94 valence electrons. The van der Waals surface area contributed by atoms with Gasteiger partial charge in [-0.2, -0.15) is 0 Å². The molecule has 0 unspecified atom stereocenters. The van der Waals surface area contributed by atoms with Gasteiger partial charge in [-0.1, -0.05) is 6.07 Å². The van der Waals surface area contributed by atoms with Gasteiger partial charge in [-0.25, -0.2) is 4.39 Å². The van der Waals surface area contributed by atoms with E-state index < -0.39 is 11.4 Å². The van der Waals surface area contributed by atoms with Gasteiger partial charge < -0.3 is 5.32 Å². The summed E-state index contributed by atoms with van der Waals surface area (Å²) in [5, 5.41) is 3.14. The van der Waals surface area contributed by atoms with E-state index in [1.807, 2.05) is 13.8 Å². The van der Waals surface area contributed by atoms with E-state index in [2.05, 4.69) is 5.32 Å². The second kappa shape index (κ2) is 4.96. The highest BCUT2D eigenvalue weighted by Gasteiger charge is 2.30. The summed E-state index contributed by atoms with van der Waals surface area (Å²) in [6.45, 7) is 9.26. The Morgan fingerprint density at radius 1 is 1.35 bits per heavy atom. The molecule has 0 saturated carbocycles. The SMILES string of the molecule is Cc1ccc(C(=O)C(C)(C)NC(C)C)c(F)c1. The van der Waals surface area contributed by atoms with Crippen LogP contribution < -0.4 is 5.32 Å². The summed E-state index contributed by atoms with van der Waals surface area (Å²) in [6, 6.07) is 4.86. The van der Waals surface area contributed by atoms with Gasteiger partial charge in [0.2, 0.25) is 0 Å². The summed E-state index contributed by atoms with van der Waals surface area (Å²) < 4.78 is 13.7. The molecule has 0 spiro atoms. The van der Waals surface area contributed by atoms with Gasteiger partial charge in [-0.15, -0.1) is 0 Å². The second-order valence-electron chi connectivity index (χ2n) is 5.24. The van der Waals surface area contributed by atoms with Crippen LogP contribution in [0.5, 0.6) is 0 Å². The molecule has 1 aromatic carbocycles. The van der Waals surface area contributed by atoms with Crippen molar-refractivity contribution in [1.82, 2.24) is 5.32 Å². The summed E-state index contributed by atoms with van der Waals surface area (Å²) in [4.78, 5) is 12.2. The maximum atomic E-state index is 13.7. The number of rotatable bonds is 4. The number of hydrogen-bond donors (Lipinski definition) is 1. The lowest BCUT2D eigenvalue weighted by Crippen LogP contribution is -2.50. The van der Waals surface area contributed by atoms with Crippen LogP contribution in [0.3, 0.4) is 0 Å². The third-order valence-corrected chi connectivity index (χ3v) is 2.59. The molecule has 1 N–H and O–H groups in total. The molecular weight excluding hydrogens is 217 g/mol. The van der Waals surface area contributed by atoms with Gasteiger partial charge in [0.25, 0.3) is 0 Å². The summed E-state index contributed by atoms with van der Waals surface area (Å²) in [5.41, 5.74) is 0.201. The van der Waals surface area contributed by atoms with E-state index in [0.717, 1.165) is 5.56 Å². The first-order valence-corrected chi connectivity index (χ1v) is 5.82. The fourth-order valence-electron chi connectivity index (χ4n) is 1.93. The van der Waals surface area contributed by atoms with E-state index in [4.69, 9.17) is 0 Å². The molecule has 0 aliphatic rings. The zero-order valence-corrected chi connectivity index (χ0v) is 11.1. The Morgan fingerprint density at radius 3 is 2.41 bits per heavy atom. The van der Waals surface area contributed by atoms with Crippen LogP contribution in [-0.4, -0.2) is 17.4 Å². The standard InChI is InChI=1S/C14H20FNO/c1-9(2)16-14(4,5)13(17)11-7-6-10(3)8-12(11)15/h6-9,16H,1-5H3. The Kier molecular flexibility index (Phi) is 4.04. The van der Waals surface area contributed by atoms with Crippen molar-refractivity contribution in [2.24, 2.45) is 0 Å². The van der Waals surface area contributed by atoms with Gasteiger partial charge in [0.1, 0.15) is 5.82 Å². The van der Waals surface area contributed by atoms with E-state index in [9.17, 15) is 9.18 Å². The number of carbonyl (C=O) groups excluding carboxylic acids is 1. The number of benzene rings is 1. The first-order chi connectivity index (χ1) is 7.74. The molecule has 0 radical (unpaired) electrons. The minimum atomic E-state index is -0.760. The van der Waals surface area contributed by atoms with Gasteiger partial charge in [0, 0.05) is 6.04 Å². The molecule has 2 nitrogen and oxygen atoms in total. The summed E-state index contributed by atoms with van der Waals surface area (Å²) in [7, 11) is 0. The van der Waals surface area contributed by atoms with Gasteiger partial charge in [0.15, 0.2) is 5.78 Å². The Hall–Kier alpha value is -1.22. The number of hydrogen-bond acceptors (Lipinski definition) is 2. The lowest BCUT2D eigenvalue weighted by atomic mass is 9.91. The normalized spacial score (nSPS) is 11.9. The zero-order chi connectivity index (χ0) is 13.2. The number of aryl methyl sites for hydroxylation is 1. The minimum absolute atomic E-state index is 0.147. The van der Waals surface area contributed by atoms with E-state index in [1.54, 1.807) is 32.9 Å². The molecule has 0 fully saturated rings. The molecule has 0 atom stereocenters. The van der Waals surface area contributed by atoms with Crippen molar-refractivity contribution in [3.05, 3.63) is 35.1 Å². The van der Waals surface area contributed by atoms with Crippen LogP contribution >= 0.6 is 0 Å². The number of Topliss-reactive ketones (excluding diaryl/α,β-unsaturated/α-hetero) is 1. The van der Waals surface area contributed by atoms with Crippen molar-refractivity contribution >= 4 is 5.78 Å². The van der Waals surface area contributed by atoms with Crippen LogP contribution in [-0.2, 0) is 0 Å². The third kappa shape index (κ3) is 3.37. The van der Waals surface area contributed by atoms with Gasteiger partial charge in [-0.3, -0.25) is 4.79 Å². The van der Waals surface area contributed by atoms with Crippen LogP contribution in [0.4, 0.5) is 4.39 Å². The van der Waals surface area contributed by atoms with Crippen LogP contribution in [0.1, 0.15) is 43.6 Å². The highest BCUT2D eigenvalue weighted by atomic mass is 19.1. The predicted octanol–water partition coefficient (Wildman–Crippen LogP) is 3.09. The minimum Gasteiger partial charge on any atom is -0.303 e. The van der Waals surface area contributed by atoms with Crippen molar-refractivity contribution in [3.63, 3.8) is 0 Å². The van der Waals surface area contributed by atoms with Gasteiger partial charge >= 0.3 is 0 Å². The van der Waals surface area contributed by atoms with E-state index in [1.165, 1.54) is 6.07 Å². The van der Waals surface area contributed by atoms with E-state index in [-0.39, 0.29) is 17.4 Å². The largest absolute Gasteiger partial charge is 0.303 e. The van der Waals surface area contributed by atoms with Crippen molar-refractivity contribution in [2.75, 3.05) is 0 Å². The Labute approximate surface area is 102 Å². The molecule has 0 aliphatic heterocycles. The number of nitrogens with one attached hydrogen (secondary N) is 1. The fraction of sp³-hybridized carbons (Fsp3) is 0.500. The quantitative estimate of drug-likeness (QED) is 0.815. The Bertz CT molecular complexity index is 424. The molecule has 0 aromatic heterocycles. The molecule has 0 heterocycles. The zero-order valence-electron chi connectivity index (χ0n) is 11.1. The highest BCUT2D eigenvalue weighted by molar-refractivity contribution is 6.02. The Morgan fingerprint density at radius 2 is 1.94 bits per heavy atom. The molecule has 1 rings (SSSR count). The lowest BCUT2D eigenvalue weighted by molar-refractivity contribution is 0.0869. The van der Waals surface area contributed by atoms with Crippen LogP contribution in [0, 0.1) is 12.7 Å². The number of ketones is 1. The third-order valence-electron chi connectivity index (χ3n) is 2.59. The molecule has 0 amide bonds. The molecule has 3 heteroatoms. The molecule has 0 aliphatic carbocycles. The summed E-state index contributed by atoms with van der Waals surface area (Å²) in [6.07, 6.45) is 0. The molecule has 17 heavy (non-hydrogen) atoms. The average Bonchev–Trinajstić information content (AvgIpc) is 2.14. The first-order valence-electron chi connectivity index (χ1n) is 5.82. The fourth-order valence-corrected chi connectivity index (χ4v) is 1.93. The van der Waals surface area contributed by atoms with E-state index >= 15 is 0 Å². The second-order valence-corrected chi connectivity index (χ2v) is 5.24. The molecule has 1 aromatic rings. The van der Waals surface area contributed by atoms with Crippen molar-refractivity contribution < 1.29 is 9.18 Å². The summed E-state index contributed by atoms with van der Waals surface area (Å²) in [5.74, 6) is -0.669. The van der Waals surface area contributed by atoms with Crippen molar-refractivity contribution in [2.45, 2.75) is 46.2 Å². The monoisotopic (exact) mass is 237 g/mol. The molecular formula is C14H20FNO. The van der Waals surface area contributed by atoms with E-state index in [0.29, 0.717) is 0 Å². The van der Waals surface area contributed by atoms with Gasteiger partial charge in [-0.05, 0) is 52.3 Å². The number of halogens is 1. The summed E-state index contributed by atoms with van der Waals surface area (Å²) >= 11 is 0. The predicted molar refractivity (Wildman–Crippen MR) is 67.8 cm³/mol. The highest BCUT2D eigenvalue weighted by Crippen LogP contribution is 2.17. The maximum Gasteiger partial charge on any atom is 0.185 e.